The number of anilines is 1. The maximum atomic E-state index is 14.7. The number of aliphatic imine (C=N–C) groups is 4. The normalized spacial score (nSPS) is 16.0. The number of carboxylic acid groups (broad SMARTS) is 1. The van der Waals surface area contributed by atoms with E-state index in [0.717, 1.165) is 46.7 Å². The first-order valence-electron chi connectivity index (χ1n) is 45.6. The highest BCUT2D eigenvalue weighted by Gasteiger charge is 2.53. The van der Waals surface area contributed by atoms with Crippen molar-refractivity contribution in [1.82, 2.24) is 82.0 Å². The zero-order valence-electron chi connectivity index (χ0n) is 84.6. The minimum atomic E-state index is -1.51. The van der Waals surface area contributed by atoms with E-state index in [1.807, 2.05) is 59.3 Å². The number of nitriles is 1. The third-order valence-electron chi connectivity index (χ3n) is 24.5. The van der Waals surface area contributed by atoms with Gasteiger partial charge in [0.15, 0.2) is 23.1 Å². The number of aryl methyl sites for hydroxylation is 5. The van der Waals surface area contributed by atoms with E-state index in [4.69, 9.17) is 83.6 Å². The lowest BCUT2D eigenvalue weighted by molar-refractivity contribution is -0.139. The van der Waals surface area contributed by atoms with Crippen LogP contribution in [0.15, 0.2) is 179 Å². The molecule has 1 saturated heterocycles. The second kappa shape index (κ2) is 48.7. The number of amides is 1. The highest BCUT2D eigenvalue weighted by Crippen LogP contribution is 2.39. The number of hydrogen-bond acceptors (Lipinski definition) is 32. The summed E-state index contributed by atoms with van der Waals surface area (Å²) < 4.78 is 97.6. The number of fused-ring (bicyclic) bond motifs is 4. The van der Waals surface area contributed by atoms with Crippen molar-refractivity contribution < 1.29 is 70.7 Å². The molecule has 0 unspecified atom stereocenters. The number of nitrogens with zero attached hydrogens (tertiary/aromatic N) is 21. The van der Waals surface area contributed by atoms with Gasteiger partial charge in [0.25, 0.3) is 28.1 Å². The number of imidazole rings is 4. The molecule has 16 rings (SSSR count). The van der Waals surface area contributed by atoms with Crippen LogP contribution in [0.25, 0.3) is 56.0 Å². The van der Waals surface area contributed by atoms with Crippen molar-refractivity contribution in [3.05, 3.63) is 226 Å². The van der Waals surface area contributed by atoms with E-state index in [0.29, 0.717) is 126 Å². The zero-order chi connectivity index (χ0) is 105. The Bertz CT molecular complexity index is 7280. The Morgan fingerprint density at radius 3 is 1.34 bits per heavy atom. The van der Waals surface area contributed by atoms with Crippen LogP contribution in [-0.4, -0.2) is 241 Å². The molecule has 3 aliphatic heterocycles. The van der Waals surface area contributed by atoms with Crippen molar-refractivity contribution in [2.75, 3.05) is 62.2 Å². The molecule has 1 fully saturated rings. The van der Waals surface area contributed by atoms with Gasteiger partial charge in [-0.25, -0.2) is 72.2 Å². The smallest absolute Gasteiger partial charge is 0.494 e. The minimum Gasteiger partial charge on any atom is -0.494 e. The number of methoxy groups -OCH3 is 8. The lowest BCUT2D eigenvalue weighted by Gasteiger charge is -2.32. The number of rotatable bonds is 24. The summed E-state index contributed by atoms with van der Waals surface area (Å²) in [5.41, 5.74) is 13.7. The number of halogens is 3. The first-order chi connectivity index (χ1) is 68.5. The summed E-state index contributed by atoms with van der Waals surface area (Å²) in [4.78, 5) is 111. The quantitative estimate of drug-likeness (QED) is 0.0213. The molecular weight excluding hydrogens is 1940 g/mol. The fraction of sp³-hybridized carbons (Fsp3) is 0.414. The number of nitrogens with one attached hydrogen (secondary N) is 3. The summed E-state index contributed by atoms with van der Waals surface area (Å²) in [6, 6.07) is 15.6. The number of aromatic nitrogens is 16. The molecule has 12 aromatic heterocycles. The molecule has 0 spiro atoms. The van der Waals surface area contributed by atoms with Gasteiger partial charge in [-0.2, -0.15) is 25.7 Å². The molecule has 1 amide bonds. The summed E-state index contributed by atoms with van der Waals surface area (Å²) in [5, 5.41) is 45.8. The van der Waals surface area contributed by atoms with Crippen LogP contribution in [0.3, 0.4) is 0 Å². The van der Waals surface area contributed by atoms with Gasteiger partial charge in [-0.1, -0.05) is 48.1 Å². The summed E-state index contributed by atoms with van der Waals surface area (Å²) in [5.74, 6) is -0.667. The SMILES string of the molecule is C.CC#N.CC[C@H](C)Nc1cc(F)c(C(=O)N[C@@H](Cc2ccc(-c3c(C)cnn(C)c3=O)c3nccn23)C(=O)O)c(F)c1.COC(=N)[C@@H](N)Cc1ccc(-c2c(OC)cnn(C)c2=O)c2nccn12.COC1=N[C@H](C(C)C)C(OC)=N[C@H]1Cc1ccc(-c2c(OC)cnn(C)c2=O)c2nccn12.COC1=N[C@H](C(C)C)C(OC)=N[C@H]1Cc1ccc(B2OC(C)(C)C(C)(C)O2)c2nccn12.COc1cnn(C)c(=O)c1Br. The Hall–Kier alpha value is -15.2. The Morgan fingerprint density at radius 1 is 0.559 bits per heavy atom. The van der Waals surface area contributed by atoms with Crippen LogP contribution in [0.1, 0.15) is 129 Å². The first-order valence-corrected chi connectivity index (χ1v) is 46.4. The van der Waals surface area contributed by atoms with Gasteiger partial charge in [-0.3, -0.25) is 29.4 Å². The van der Waals surface area contributed by atoms with E-state index >= 15 is 0 Å². The number of ether oxygens (including phenoxy) is 8. The fourth-order valence-electron chi connectivity index (χ4n) is 15.9. The monoisotopic (exact) mass is 2060 g/mol. The van der Waals surface area contributed by atoms with E-state index < -0.39 is 59.5 Å². The molecule has 7 atom stereocenters. The number of pyridine rings is 4. The van der Waals surface area contributed by atoms with Crippen molar-refractivity contribution in [2.45, 2.75) is 176 Å². The van der Waals surface area contributed by atoms with Crippen molar-refractivity contribution in [1.29, 1.82) is 10.7 Å². The molecule has 15 heterocycles. The predicted octanol–water partition coefficient (Wildman–Crippen LogP) is 10.4. The van der Waals surface area contributed by atoms with Crippen molar-refractivity contribution in [2.24, 2.45) is 65.7 Å². The number of carbonyl (C=O) groups is 2. The van der Waals surface area contributed by atoms with Crippen molar-refractivity contribution in [3.63, 3.8) is 0 Å². The van der Waals surface area contributed by atoms with E-state index in [-0.39, 0.29) is 89.7 Å². The molecule has 3 aliphatic rings. The molecule has 6 N–H and O–H groups in total. The number of hydrogen-bond donors (Lipinski definition) is 5. The number of carboxylic acids is 1. The van der Waals surface area contributed by atoms with Crippen molar-refractivity contribution in [3.8, 4) is 56.7 Å². The molecule has 46 heteroatoms. The number of benzene rings is 1. The highest BCUT2D eigenvalue weighted by atomic mass is 79.9. The average Bonchev–Trinajstić information content (AvgIpc) is 1.47. The number of nitrogens with two attached hydrogens (primary N) is 1. The summed E-state index contributed by atoms with van der Waals surface area (Å²) in [6.45, 7) is 23.5. The molecular formula is C99H123BBrF2N25O17. The van der Waals surface area contributed by atoms with Crippen LogP contribution in [0.2, 0.25) is 0 Å². The van der Waals surface area contributed by atoms with E-state index in [9.17, 15) is 42.7 Å². The van der Waals surface area contributed by atoms with E-state index in [2.05, 4.69) is 133 Å². The van der Waals surface area contributed by atoms with Crippen LogP contribution in [-0.2, 0) is 91.7 Å². The molecule has 0 aliphatic carbocycles. The highest BCUT2D eigenvalue weighted by molar-refractivity contribution is 9.10. The van der Waals surface area contributed by atoms with Crippen LogP contribution in [0.5, 0.6) is 17.2 Å². The van der Waals surface area contributed by atoms with Gasteiger partial charge >= 0.3 is 13.1 Å². The molecule has 1 aromatic carbocycles. The Labute approximate surface area is 844 Å². The minimum absolute atomic E-state index is 0. The van der Waals surface area contributed by atoms with Gasteiger partial charge in [0, 0.05) is 167 Å². The number of aliphatic carboxylic acids is 1. The molecule has 0 radical (unpaired) electrons. The van der Waals surface area contributed by atoms with E-state index in [1.54, 1.807) is 122 Å². The fourth-order valence-corrected chi connectivity index (χ4v) is 16.4. The Morgan fingerprint density at radius 2 is 0.931 bits per heavy atom. The van der Waals surface area contributed by atoms with Gasteiger partial charge in [0.05, 0.1) is 122 Å². The standard InChI is InChI=1S/C27H28F2N6O4.C23H33BN4O4.C23H28N6O4.C17H20N6O3.C6H7BrN2O2.C2H3N.CH4/c1-5-15(3)32-16-10-19(28)23(20(29)11-16)25(36)33-21(27(38)39)12-17-6-7-18(24-30-8-9-35(17)24)22-14(2)13-31-34(4)26(22)37;1-14(2)18-21(30-8)26-17(20(27-18)29-7)13-15-9-10-16(19-25-11-12-28(15)19)24-31-22(3,4)23(5,6)32-24;1-13(2)19-22(33-6)26-16(21(27-19)32-5)11-14-7-8-15(20-24-9-10-29(14)20)18-17(31-4)12-25-28(3)23(18)30;1-22-17(24)14(13(25-2)9-21-22)11-5-4-10(8-12(18)15(19)26-3)23-7-6-20-16(11)23;1-9-6(10)5(7)4(11-2)3-8-9;1-2-3;/h6-11,13,15,21,32H,5,12H2,1-4H3,(H,33,36)(H,38,39);9-12,14,17-18H,13H2,1-8H3;7-10,12-13,16,19H,11H2,1-6H3;4-7,9,12,19H,8,18H2,1-3H3;3H,1-2H3;1H3;1H4/t15-,21-;17-,18+;16-,19+;12-;;;/m0000.../s1. The van der Waals surface area contributed by atoms with E-state index in [1.165, 1.54) is 85.9 Å². The first kappa shape index (κ1) is 112. The zero-order valence-corrected chi connectivity index (χ0v) is 86.2. The second-order valence-corrected chi connectivity index (χ2v) is 35.9. The van der Waals surface area contributed by atoms with Crippen LogP contribution < -0.4 is 58.3 Å². The number of carbonyl (C=O) groups excluding carboxylic acids is 1. The van der Waals surface area contributed by atoms with Gasteiger partial charge in [-0.05, 0) is 136 Å². The maximum Gasteiger partial charge on any atom is 0.498 e. The topological polar surface area (TPSA) is 503 Å². The maximum absolute atomic E-state index is 14.7. The lowest BCUT2D eigenvalue weighted by Crippen LogP contribution is -2.43. The Balaban J connectivity index is 0.000000190. The molecule has 0 bridgehead atoms. The summed E-state index contributed by atoms with van der Waals surface area (Å²) in [6.07, 6.45) is 21.9. The predicted molar refractivity (Wildman–Crippen MR) is 550 cm³/mol. The van der Waals surface area contributed by atoms with Gasteiger partial charge in [0.2, 0.25) is 23.6 Å². The summed E-state index contributed by atoms with van der Waals surface area (Å²) in [7, 11) is 18.2. The average molecular weight is 2060 g/mol. The summed E-state index contributed by atoms with van der Waals surface area (Å²) >= 11 is 3.09. The third kappa shape index (κ3) is 24.6. The third-order valence-corrected chi connectivity index (χ3v) is 25.2. The lowest BCUT2D eigenvalue weighted by atomic mass is 9.79. The largest absolute Gasteiger partial charge is 0.498 e. The van der Waals surface area contributed by atoms with Crippen LogP contribution >= 0.6 is 15.9 Å². The molecule has 770 valence electrons. The molecule has 13 aromatic rings. The van der Waals surface area contributed by atoms with Crippen LogP contribution in [0, 0.1) is 47.1 Å². The van der Waals surface area contributed by atoms with Gasteiger partial charge in [-0.15, -0.1) is 0 Å². The van der Waals surface area contributed by atoms with Crippen molar-refractivity contribution >= 4 is 98.2 Å². The van der Waals surface area contributed by atoms with Gasteiger partial charge < -0.3 is 86.3 Å². The second-order valence-electron chi connectivity index (χ2n) is 35.1. The molecule has 42 nitrogen and oxygen atoms in total. The van der Waals surface area contributed by atoms with Crippen LogP contribution in [0.4, 0.5) is 14.5 Å². The van der Waals surface area contributed by atoms with Gasteiger partial charge in [0.1, 0.15) is 74.5 Å². The molecule has 0 saturated carbocycles. The Kier molecular flexibility index (Phi) is 37.5. The molecule has 145 heavy (non-hydrogen) atoms.